The summed E-state index contributed by atoms with van der Waals surface area (Å²) >= 11 is 0. The number of aromatic nitrogens is 2. The lowest BCUT2D eigenvalue weighted by atomic mass is 9.88. The SMILES string of the molecule is Cc1ccc(C[C@H](C)C(=O)NC2(c3ncon3)CCOCC2)cc1. The van der Waals surface area contributed by atoms with E-state index in [9.17, 15) is 4.79 Å². The topological polar surface area (TPSA) is 77.3 Å². The molecule has 0 unspecified atom stereocenters. The number of nitrogens with one attached hydrogen (secondary N) is 1. The predicted molar refractivity (Wildman–Crippen MR) is 88.2 cm³/mol. The quantitative estimate of drug-likeness (QED) is 0.911. The van der Waals surface area contributed by atoms with Crippen LogP contribution >= 0.6 is 0 Å². The van der Waals surface area contributed by atoms with Crippen LogP contribution in [0.5, 0.6) is 0 Å². The monoisotopic (exact) mass is 329 g/mol. The highest BCUT2D eigenvalue weighted by Crippen LogP contribution is 2.30. The summed E-state index contributed by atoms with van der Waals surface area (Å²) in [5.41, 5.74) is 1.78. The molecule has 1 aromatic heterocycles. The highest BCUT2D eigenvalue weighted by Gasteiger charge is 2.40. The fourth-order valence-electron chi connectivity index (χ4n) is 3.04. The molecule has 6 nitrogen and oxygen atoms in total. The maximum Gasteiger partial charge on any atom is 0.223 e. The zero-order chi connectivity index (χ0) is 17.0. The predicted octanol–water partition coefficient (Wildman–Crippen LogP) is 2.38. The van der Waals surface area contributed by atoms with Gasteiger partial charge in [-0.15, -0.1) is 0 Å². The van der Waals surface area contributed by atoms with Gasteiger partial charge < -0.3 is 14.6 Å². The van der Waals surface area contributed by atoms with Gasteiger partial charge in [0.15, 0.2) is 5.82 Å². The molecule has 1 amide bonds. The molecule has 2 aromatic rings. The van der Waals surface area contributed by atoms with E-state index >= 15 is 0 Å². The molecule has 1 atom stereocenters. The largest absolute Gasteiger partial charge is 0.381 e. The third-order valence-electron chi connectivity index (χ3n) is 4.61. The zero-order valence-corrected chi connectivity index (χ0v) is 14.1. The second-order valence-corrected chi connectivity index (χ2v) is 6.53. The van der Waals surface area contributed by atoms with E-state index in [1.807, 2.05) is 6.92 Å². The summed E-state index contributed by atoms with van der Waals surface area (Å²) < 4.78 is 10.3. The Morgan fingerprint density at radius 3 is 2.62 bits per heavy atom. The van der Waals surface area contributed by atoms with E-state index in [2.05, 4.69) is 46.6 Å². The number of benzene rings is 1. The van der Waals surface area contributed by atoms with Gasteiger partial charge >= 0.3 is 0 Å². The van der Waals surface area contributed by atoms with Crippen LogP contribution in [-0.2, 0) is 21.5 Å². The maximum absolute atomic E-state index is 12.7. The molecule has 1 N–H and O–H groups in total. The van der Waals surface area contributed by atoms with Crippen molar-refractivity contribution in [2.75, 3.05) is 13.2 Å². The van der Waals surface area contributed by atoms with Gasteiger partial charge in [0.05, 0.1) is 0 Å². The van der Waals surface area contributed by atoms with Gasteiger partial charge in [0.1, 0.15) is 5.54 Å². The van der Waals surface area contributed by atoms with Gasteiger partial charge in [0.2, 0.25) is 12.3 Å². The van der Waals surface area contributed by atoms with Gasteiger partial charge in [-0.05, 0) is 18.9 Å². The van der Waals surface area contributed by atoms with Crippen LogP contribution in [0.25, 0.3) is 0 Å². The van der Waals surface area contributed by atoms with E-state index in [0.29, 0.717) is 38.3 Å². The third-order valence-corrected chi connectivity index (χ3v) is 4.61. The van der Waals surface area contributed by atoms with Crippen molar-refractivity contribution in [3.05, 3.63) is 47.6 Å². The molecule has 0 radical (unpaired) electrons. The van der Waals surface area contributed by atoms with E-state index in [1.165, 1.54) is 12.0 Å². The first-order valence-corrected chi connectivity index (χ1v) is 8.31. The van der Waals surface area contributed by atoms with Crippen molar-refractivity contribution in [3.63, 3.8) is 0 Å². The van der Waals surface area contributed by atoms with Crippen molar-refractivity contribution in [2.45, 2.75) is 38.6 Å². The zero-order valence-electron chi connectivity index (χ0n) is 14.1. The van der Waals surface area contributed by atoms with E-state index < -0.39 is 5.54 Å². The van der Waals surface area contributed by atoms with Crippen LogP contribution < -0.4 is 5.32 Å². The van der Waals surface area contributed by atoms with Gasteiger partial charge in [-0.2, -0.15) is 4.98 Å². The molecule has 0 bridgehead atoms. The second-order valence-electron chi connectivity index (χ2n) is 6.53. The first kappa shape index (κ1) is 16.6. The Morgan fingerprint density at radius 1 is 1.29 bits per heavy atom. The first-order chi connectivity index (χ1) is 11.6. The Balaban J connectivity index is 1.70. The van der Waals surface area contributed by atoms with Crippen molar-refractivity contribution >= 4 is 5.91 Å². The van der Waals surface area contributed by atoms with Crippen molar-refractivity contribution < 1.29 is 14.1 Å². The number of nitrogens with zero attached hydrogens (tertiary/aromatic N) is 2. The van der Waals surface area contributed by atoms with Gasteiger partial charge in [0.25, 0.3) is 0 Å². The van der Waals surface area contributed by atoms with E-state index in [1.54, 1.807) is 0 Å². The number of amides is 1. The second kappa shape index (κ2) is 7.13. The van der Waals surface area contributed by atoms with Crippen LogP contribution in [0, 0.1) is 12.8 Å². The third kappa shape index (κ3) is 3.64. The van der Waals surface area contributed by atoms with E-state index in [4.69, 9.17) is 9.26 Å². The molecule has 1 aliphatic rings. The maximum atomic E-state index is 12.7. The Labute approximate surface area is 141 Å². The highest BCUT2D eigenvalue weighted by atomic mass is 16.5. The van der Waals surface area contributed by atoms with Crippen molar-refractivity contribution in [1.29, 1.82) is 0 Å². The molecule has 1 saturated heterocycles. The molecule has 6 heteroatoms. The van der Waals surface area contributed by atoms with Crippen LogP contribution in [-0.4, -0.2) is 29.3 Å². The van der Waals surface area contributed by atoms with E-state index in [0.717, 1.165) is 5.56 Å². The minimum Gasteiger partial charge on any atom is -0.381 e. The van der Waals surface area contributed by atoms with Gasteiger partial charge in [-0.3, -0.25) is 4.79 Å². The number of hydrogen-bond acceptors (Lipinski definition) is 5. The Hall–Kier alpha value is -2.21. The van der Waals surface area contributed by atoms with Crippen LogP contribution in [0.1, 0.15) is 36.7 Å². The summed E-state index contributed by atoms with van der Waals surface area (Å²) in [5.74, 6) is 0.392. The lowest BCUT2D eigenvalue weighted by Gasteiger charge is -2.36. The standard InChI is InChI=1S/C18H23N3O3/c1-13-3-5-15(6-4-13)11-14(2)16(22)20-18(7-9-23-10-8-18)17-19-12-24-21-17/h3-6,12,14H,7-11H2,1-2H3,(H,20,22)/t14-/m0/s1. The molecule has 1 aliphatic heterocycles. The summed E-state index contributed by atoms with van der Waals surface area (Å²) in [5, 5.41) is 7.12. The lowest BCUT2D eigenvalue weighted by Crippen LogP contribution is -2.51. The number of aryl methyl sites for hydroxylation is 1. The van der Waals surface area contributed by atoms with Crippen molar-refractivity contribution in [3.8, 4) is 0 Å². The van der Waals surface area contributed by atoms with Crippen LogP contribution in [0.3, 0.4) is 0 Å². The van der Waals surface area contributed by atoms with Gasteiger partial charge in [0, 0.05) is 32.0 Å². The smallest absolute Gasteiger partial charge is 0.223 e. The number of rotatable bonds is 5. The molecule has 128 valence electrons. The number of carbonyl (C=O) groups excluding carboxylic acids is 1. The Kier molecular flexibility index (Phi) is 4.94. The van der Waals surface area contributed by atoms with Crippen LogP contribution in [0.2, 0.25) is 0 Å². The summed E-state index contributed by atoms with van der Waals surface area (Å²) in [6.07, 6.45) is 3.30. The number of carbonyl (C=O) groups is 1. The highest BCUT2D eigenvalue weighted by molar-refractivity contribution is 5.79. The summed E-state index contributed by atoms with van der Waals surface area (Å²) in [7, 11) is 0. The van der Waals surface area contributed by atoms with E-state index in [-0.39, 0.29) is 11.8 Å². The van der Waals surface area contributed by atoms with Crippen LogP contribution in [0.4, 0.5) is 0 Å². The molecule has 0 saturated carbocycles. The summed E-state index contributed by atoms with van der Waals surface area (Å²) in [4.78, 5) is 16.9. The van der Waals surface area contributed by atoms with Gasteiger partial charge in [-0.1, -0.05) is 41.9 Å². The normalized spacial score (nSPS) is 18.1. The first-order valence-electron chi connectivity index (χ1n) is 8.31. The number of hydrogen-bond donors (Lipinski definition) is 1. The molecular formula is C18H23N3O3. The average molecular weight is 329 g/mol. The minimum absolute atomic E-state index is 0.00211. The molecule has 3 rings (SSSR count). The Morgan fingerprint density at radius 2 is 2.00 bits per heavy atom. The van der Waals surface area contributed by atoms with Crippen LogP contribution in [0.15, 0.2) is 35.2 Å². The molecule has 1 aromatic carbocycles. The fraction of sp³-hybridized carbons (Fsp3) is 0.500. The molecule has 24 heavy (non-hydrogen) atoms. The molecule has 1 fully saturated rings. The Bertz CT molecular complexity index is 661. The van der Waals surface area contributed by atoms with Gasteiger partial charge in [-0.25, -0.2) is 0 Å². The molecular weight excluding hydrogens is 306 g/mol. The van der Waals surface area contributed by atoms with Crippen molar-refractivity contribution in [1.82, 2.24) is 15.5 Å². The van der Waals surface area contributed by atoms with Crippen molar-refractivity contribution in [2.24, 2.45) is 5.92 Å². The lowest BCUT2D eigenvalue weighted by molar-refractivity contribution is -0.128. The molecule has 0 spiro atoms. The average Bonchev–Trinajstić information content (AvgIpc) is 3.13. The fourth-order valence-corrected chi connectivity index (χ4v) is 3.04. The number of ether oxygens (including phenoxy) is 1. The molecule has 0 aliphatic carbocycles. The summed E-state index contributed by atoms with van der Waals surface area (Å²) in [6, 6.07) is 8.28. The summed E-state index contributed by atoms with van der Waals surface area (Å²) in [6.45, 7) is 5.14. The molecule has 2 heterocycles. The minimum atomic E-state index is -0.593.